The summed E-state index contributed by atoms with van der Waals surface area (Å²) in [6.07, 6.45) is 0.110. The molecule has 0 aliphatic rings. The maximum Gasteiger partial charge on any atom is 0.325 e. The number of aliphatic imine (C=N–C) groups is 3. The normalized spacial score (nSPS) is 14.7. The number of carboxylic acids is 1. The van der Waals surface area contributed by atoms with E-state index in [1.165, 1.54) is 13.8 Å². The number of guanidine groups is 3. The number of carboxylic acid groups (broad SMARTS) is 1. The molecule has 9 atom stereocenters. The lowest BCUT2D eigenvalue weighted by atomic mass is 9.99. The lowest BCUT2D eigenvalue weighted by Gasteiger charge is -2.28. The van der Waals surface area contributed by atoms with Crippen molar-refractivity contribution in [3.63, 3.8) is 0 Å². The molecule has 0 aromatic heterocycles. The summed E-state index contributed by atoms with van der Waals surface area (Å²) in [4.78, 5) is 131. The van der Waals surface area contributed by atoms with E-state index in [1.54, 1.807) is 13.8 Å². The number of carbonyl (C=O) groups is 9. The predicted molar refractivity (Wildman–Crippen MR) is 265 cm³/mol. The van der Waals surface area contributed by atoms with Crippen molar-refractivity contribution in [2.45, 2.75) is 147 Å². The van der Waals surface area contributed by atoms with E-state index in [4.69, 9.17) is 40.1 Å². The molecular weight excluding hydrogens is 949 g/mol. The first-order valence-corrected chi connectivity index (χ1v) is 23.4. The number of nitrogens with one attached hydrogen (secondary N) is 8. The van der Waals surface area contributed by atoms with Crippen LogP contribution in [0.15, 0.2) is 15.0 Å². The van der Waals surface area contributed by atoms with E-state index < -0.39 is 121 Å². The average molecular weight is 1030 g/mol. The van der Waals surface area contributed by atoms with Gasteiger partial charge in [-0.15, -0.1) is 0 Å². The van der Waals surface area contributed by atoms with Gasteiger partial charge in [-0.25, -0.2) is 0 Å². The third-order valence-corrected chi connectivity index (χ3v) is 10.2. The minimum absolute atomic E-state index is 0.00750. The summed E-state index contributed by atoms with van der Waals surface area (Å²) in [7, 11) is 0. The third-order valence-electron chi connectivity index (χ3n) is 10.2. The van der Waals surface area contributed by atoms with Gasteiger partial charge in [0.15, 0.2) is 17.9 Å². The van der Waals surface area contributed by atoms with E-state index in [9.17, 15) is 58.5 Å². The Hall–Kier alpha value is -7.08. The second-order valence-corrected chi connectivity index (χ2v) is 17.8. The zero-order chi connectivity index (χ0) is 55.2. The molecule has 30 nitrogen and oxygen atoms in total. The van der Waals surface area contributed by atoms with Crippen molar-refractivity contribution in [1.82, 2.24) is 42.5 Å². The van der Waals surface area contributed by atoms with E-state index in [2.05, 4.69) is 57.5 Å². The van der Waals surface area contributed by atoms with Crippen LogP contribution in [0.2, 0.25) is 0 Å². The molecule has 0 saturated heterocycles. The Labute approximate surface area is 418 Å². The Morgan fingerprint density at radius 3 is 0.917 bits per heavy atom. The van der Waals surface area contributed by atoms with Gasteiger partial charge in [-0.2, -0.15) is 0 Å². The fourth-order valence-corrected chi connectivity index (χ4v) is 6.42. The highest BCUT2D eigenvalue weighted by atomic mass is 16.4. The van der Waals surface area contributed by atoms with Gasteiger partial charge >= 0.3 is 5.97 Å². The molecule has 30 heteroatoms. The quantitative estimate of drug-likeness (QED) is 0.0159. The van der Waals surface area contributed by atoms with Crippen molar-refractivity contribution in [1.29, 1.82) is 0 Å². The molecule has 0 fully saturated rings. The molecule has 25 N–H and O–H groups in total. The molecule has 0 saturated carbocycles. The maximum absolute atomic E-state index is 14.1. The Balaban J connectivity index is 6.63. The van der Waals surface area contributed by atoms with Crippen LogP contribution >= 0.6 is 0 Å². The van der Waals surface area contributed by atoms with Gasteiger partial charge < -0.3 is 98.0 Å². The summed E-state index contributed by atoms with van der Waals surface area (Å²) in [6, 6.07) is -12.5. The van der Waals surface area contributed by atoms with Crippen LogP contribution in [0.5, 0.6) is 0 Å². The van der Waals surface area contributed by atoms with Crippen molar-refractivity contribution in [2.24, 2.45) is 66.9 Å². The first kappa shape index (κ1) is 64.9. The number of amides is 8. The van der Waals surface area contributed by atoms with Crippen LogP contribution in [0.1, 0.15) is 92.9 Å². The Bertz CT molecular complexity index is 1890. The molecular formula is C42H80N18O12. The van der Waals surface area contributed by atoms with Crippen molar-refractivity contribution < 1.29 is 58.5 Å². The number of hydrogen-bond donors (Lipinski definition) is 18. The molecule has 0 spiro atoms. The van der Waals surface area contributed by atoms with E-state index in [1.807, 2.05) is 13.8 Å². The first-order chi connectivity index (χ1) is 33.6. The molecule has 72 heavy (non-hydrogen) atoms. The molecule has 0 bridgehead atoms. The van der Waals surface area contributed by atoms with Crippen molar-refractivity contribution in [3.05, 3.63) is 0 Å². The Morgan fingerprint density at radius 1 is 0.403 bits per heavy atom. The number of nitrogens with two attached hydrogens (primary N) is 7. The van der Waals surface area contributed by atoms with E-state index >= 15 is 0 Å². The molecule has 0 heterocycles. The Kier molecular flexibility index (Phi) is 30.9. The first-order valence-electron chi connectivity index (χ1n) is 23.4. The molecule has 0 aliphatic carbocycles. The number of aliphatic hydroxyl groups excluding tert-OH is 2. The van der Waals surface area contributed by atoms with Crippen LogP contribution in [0, 0.1) is 11.8 Å². The summed E-state index contributed by atoms with van der Waals surface area (Å²) >= 11 is 0. The summed E-state index contributed by atoms with van der Waals surface area (Å²) < 4.78 is 0. The highest BCUT2D eigenvalue weighted by Gasteiger charge is 2.35. The molecule has 8 amide bonds. The number of carbonyl (C=O) groups excluding carboxylic acids is 8. The van der Waals surface area contributed by atoms with Crippen LogP contribution in [0.25, 0.3) is 0 Å². The predicted octanol–water partition coefficient (Wildman–Crippen LogP) is -7.45. The molecule has 0 radical (unpaired) electrons. The molecule has 0 aromatic carbocycles. The highest BCUT2D eigenvalue weighted by Crippen LogP contribution is 2.11. The topological polar surface area (TPSA) is 530 Å². The van der Waals surface area contributed by atoms with Gasteiger partial charge in [-0.1, -0.05) is 27.7 Å². The Morgan fingerprint density at radius 2 is 0.653 bits per heavy atom. The number of aliphatic hydroxyl groups is 2. The lowest BCUT2D eigenvalue weighted by molar-refractivity contribution is -0.142. The number of rotatable bonds is 35. The SMILES string of the molecule is CC(C)C[C@H](NC(=O)[C@H](C)N)C(=O)N[C@@H](CC(C)C)C(=O)N[C@@H](CO)C(=O)N[C@@H](CO)C(=O)N[C@@H](CCCN=C(N)N)C(=O)N[C@@H](CCCN=C(N)N)C(=O)N[C@@H](CCCN=C(N)N)C(=O)N[C@@H](C)C(=O)O. The third kappa shape index (κ3) is 27.3. The van der Waals surface area contributed by atoms with Gasteiger partial charge in [0.2, 0.25) is 47.3 Å². The second kappa shape index (κ2) is 34.3. The molecule has 410 valence electrons. The number of hydrogen-bond acceptors (Lipinski definition) is 15. The fourth-order valence-electron chi connectivity index (χ4n) is 6.42. The van der Waals surface area contributed by atoms with Crippen molar-refractivity contribution in [3.8, 4) is 0 Å². The van der Waals surface area contributed by atoms with Crippen molar-refractivity contribution >= 4 is 71.1 Å². The monoisotopic (exact) mass is 1030 g/mol. The van der Waals surface area contributed by atoms with Gasteiger partial charge in [0.25, 0.3) is 0 Å². The molecule has 0 rings (SSSR count). The van der Waals surface area contributed by atoms with Crippen molar-refractivity contribution in [2.75, 3.05) is 32.8 Å². The van der Waals surface area contributed by atoms with Gasteiger partial charge in [-0.05, 0) is 77.0 Å². The van der Waals surface area contributed by atoms with Crippen LogP contribution < -0.4 is 82.7 Å². The fraction of sp³-hybridized carbons (Fsp3) is 0.714. The number of nitrogens with zero attached hydrogens (tertiary/aromatic N) is 3. The molecule has 0 aromatic rings. The zero-order valence-corrected chi connectivity index (χ0v) is 41.9. The minimum Gasteiger partial charge on any atom is -0.480 e. The highest BCUT2D eigenvalue weighted by molar-refractivity contribution is 5.98. The summed E-state index contributed by atoms with van der Waals surface area (Å²) in [5.41, 5.74) is 38.2. The molecule has 0 unspecified atom stereocenters. The van der Waals surface area contributed by atoms with Gasteiger partial charge in [0, 0.05) is 19.6 Å². The van der Waals surface area contributed by atoms with Crippen LogP contribution in [-0.2, 0) is 43.2 Å². The van der Waals surface area contributed by atoms with Gasteiger partial charge in [0.05, 0.1) is 19.3 Å². The number of aliphatic carboxylic acids is 1. The average Bonchev–Trinajstić information content (AvgIpc) is 3.28. The lowest BCUT2D eigenvalue weighted by Crippen LogP contribution is -2.61. The molecule has 0 aliphatic heterocycles. The van der Waals surface area contributed by atoms with Crippen LogP contribution in [0.3, 0.4) is 0 Å². The zero-order valence-electron chi connectivity index (χ0n) is 41.9. The standard InChI is InChI=1S/C42H80N18O12/c1-20(2)16-27(57-31(63)22(5)43)35(67)58-28(17-21(3)4)36(68)59-30(19-62)38(70)60-29(18-61)37(69)56-26(12-9-15-52-42(48)49)34(66)55-25(11-8-14-51-41(46)47)33(65)54-24(10-7-13-50-40(44)45)32(64)53-23(6)39(71)72/h20-30,61-62H,7-19,43H2,1-6H3,(H,53,64)(H,54,65)(H,55,66)(H,56,69)(H,57,63)(H,58,67)(H,59,68)(H,60,70)(H,71,72)(H4,44,45,50)(H4,46,47,51)(H4,48,49,52)/t22-,23-,24-,25-,26-,27-,28-,29-,30-/m0/s1. The summed E-state index contributed by atoms with van der Waals surface area (Å²) in [5.74, 6) is -9.64. The smallest absolute Gasteiger partial charge is 0.325 e. The van der Waals surface area contributed by atoms with E-state index in [0.717, 1.165) is 0 Å². The largest absolute Gasteiger partial charge is 0.480 e. The van der Waals surface area contributed by atoms with Gasteiger partial charge in [-0.3, -0.25) is 58.1 Å². The second-order valence-electron chi connectivity index (χ2n) is 17.8. The van der Waals surface area contributed by atoms with E-state index in [-0.39, 0.29) is 101 Å². The minimum atomic E-state index is -1.81. The van der Waals surface area contributed by atoms with E-state index in [0.29, 0.717) is 0 Å². The summed E-state index contributed by atoms with van der Waals surface area (Å²) in [6.45, 7) is 7.72. The van der Waals surface area contributed by atoms with Crippen LogP contribution in [0.4, 0.5) is 0 Å². The maximum atomic E-state index is 14.1. The summed E-state index contributed by atoms with van der Waals surface area (Å²) in [5, 5.41) is 49.3. The van der Waals surface area contributed by atoms with Gasteiger partial charge in [0.1, 0.15) is 48.3 Å². The van der Waals surface area contributed by atoms with Crippen LogP contribution in [-0.4, -0.2) is 174 Å².